The third-order valence-electron chi connectivity index (χ3n) is 6.14. The summed E-state index contributed by atoms with van der Waals surface area (Å²) in [5, 5.41) is 0.984. The molecule has 2 nitrogen and oxygen atoms in total. The second kappa shape index (κ2) is 14.4. The van der Waals surface area contributed by atoms with Crippen LogP contribution in [0.25, 0.3) is 22.5 Å². The minimum atomic E-state index is -1.83. The molecule has 5 rings (SSSR count). The van der Waals surface area contributed by atoms with E-state index >= 15 is 0 Å². The van der Waals surface area contributed by atoms with Gasteiger partial charge in [-0.25, -0.2) is 0 Å². The summed E-state index contributed by atoms with van der Waals surface area (Å²) < 4.78 is 38.8. The monoisotopic (exact) mass is 726 g/mol. The summed E-state index contributed by atoms with van der Waals surface area (Å²) in [6.45, 7) is 10.3. The Balaban J connectivity index is 0.000000256. The van der Waals surface area contributed by atoms with Crippen molar-refractivity contribution >= 4 is 13.3 Å². The maximum Gasteiger partial charge on any atom is 0.0799 e. The average Bonchev–Trinajstić information content (AvgIpc) is 2.98. The molecule has 5 heteroatoms. The topological polar surface area (TPSA) is 25.8 Å². The van der Waals surface area contributed by atoms with Crippen molar-refractivity contribution in [2.45, 2.75) is 45.8 Å². The molecule has 0 amide bonds. The Kier molecular flexibility index (Phi) is 9.71. The van der Waals surface area contributed by atoms with Crippen molar-refractivity contribution in [1.82, 2.24) is 9.97 Å². The molecule has 0 bridgehead atoms. The molecule has 2 heterocycles. The number of benzene rings is 3. The number of halogens is 1. The van der Waals surface area contributed by atoms with Crippen LogP contribution in [0.2, 0.25) is 19.6 Å². The van der Waals surface area contributed by atoms with E-state index in [-0.39, 0.29) is 25.9 Å². The van der Waals surface area contributed by atoms with Crippen LogP contribution in [0.15, 0.2) is 103 Å². The van der Waals surface area contributed by atoms with Gasteiger partial charge in [-0.15, -0.1) is 65.7 Å². The van der Waals surface area contributed by atoms with Gasteiger partial charge < -0.3 is 9.97 Å². The molecule has 1 radical (unpaired) electrons. The Morgan fingerprint density at radius 2 is 1.57 bits per heavy atom. The molecule has 0 N–H and O–H groups in total. The maximum absolute atomic E-state index is 13.2. The van der Waals surface area contributed by atoms with Crippen molar-refractivity contribution in [3.05, 3.63) is 138 Å². The van der Waals surface area contributed by atoms with Gasteiger partial charge in [0.1, 0.15) is 0 Å². The zero-order chi connectivity index (χ0) is 30.5. The van der Waals surface area contributed by atoms with E-state index in [2.05, 4.69) is 41.7 Å². The molecule has 0 atom stereocenters. The van der Waals surface area contributed by atoms with Gasteiger partial charge in [-0.3, -0.25) is 4.39 Å². The van der Waals surface area contributed by atoms with Crippen molar-refractivity contribution in [2.75, 3.05) is 0 Å². The predicted octanol–water partition coefficient (Wildman–Crippen LogP) is 8.49. The molecular formula is C35H35FIrN2Si-2. The number of nitrogens with zero attached hydrogens (tertiary/aromatic N) is 2. The fourth-order valence-corrected chi connectivity index (χ4v) is 5.38. The number of rotatable bonds is 6. The van der Waals surface area contributed by atoms with Gasteiger partial charge in [0, 0.05) is 42.4 Å². The largest absolute Gasteiger partial charge is 0.305 e. The third kappa shape index (κ3) is 8.63. The maximum atomic E-state index is 13.2. The van der Waals surface area contributed by atoms with Crippen molar-refractivity contribution in [1.29, 1.82) is 0 Å². The first kappa shape index (κ1) is 27.0. The summed E-state index contributed by atoms with van der Waals surface area (Å²) in [4.78, 5) is 8.84. The molecule has 0 aliphatic heterocycles. The molecule has 40 heavy (non-hydrogen) atoms. The van der Waals surface area contributed by atoms with Crippen LogP contribution in [-0.2, 0) is 26.5 Å². The van der Waals surface area contributed by atoms with Crippen molar-refractivity contribution in [3.8, 4) is 22.5 Å². The van der Waals surface area contributed by atoms with E-state index in [1.165, 1.54) is 12.1 Å². The van der Waals surface area contributed by atoms with Crippen LogP contribution in [0.4, 0.5) is 4.39 Å². The Morgan fingerprint density at radius 3 is 2.20 bits per heavy atom. The van der Waals surface area contributed by atoms with Crippen LogP contribution >= 0.6 is 0 Å². The molecule has 3 aromatic carbocycles. The van der Waals surface area contributed by atoms with Crippen molar-refractivity contribution in [3.63, 3.8) is 0 Å². The number of pyridine rings is 2. The second-order valence-corrected chi connectivity index (χ2v) is 15.5. The van der Waals surface area contributed by atoms with Gasteiger partial charge in [-0.05, 0) is 40.5 Å². The molecule has 0 unspecified atom stereocenters. The quantitative estimate of drug-likeness (QED) is 0.130. The van der Waals surface area contributed by atoms with Gasteiger partial charge in [0.05, 0.1) is 8.07 Å². The van der Waals surface area contributed by atoms with Crippen LogP contribution in [-0.4, -0.2) is 18.0 Å². The third-order valence-corrected chi connectivity index (χ3v) is 8.15. The first-order valence-electron chi connectivity index (χ1n) is 14.4. The molecule has 0 fully saturated rings. The van der Waals surface area contributed by atoms with Crippen molar-refractivity contribution in [2.24, 2.45) is 0 Å². The Labute approximate surface area is 257 Å². The normalized spacial score (nSPS) is 12.6. The number of aromatic nitrogens is 2. The molecule has 0 saturated carbocycles. The van der Waals surface area contributed by atoms with Gasteiger partial charge in [-0.1, -0.05) is 87.1 Å². The zero-order valence-corrected chi connectivity index (χ0v) is 26.8. The minimum absolute atomic E-state index is 0. The molecule has 0 aliphatic carbocycles. The smallest absolute Gasteiger partial charge is 0.0799 e. The van der Waals surface area contributed by atoms with Gasteiger partial charge >= 0.3 is 0 Å². The fourth-order valence-electron chi connectivity index (χ4n) is 3.99. The van der Waals surface area contributed by atoms with E-state index in [1.807, 2.05) is 68.4 Å². The van der Waals surface area contributed by atoms with Crippen molar-refractivity contribution < 1.29 is 28.6 Å². The molecular weight excluding hydrogens is 688 g/mol. The Morgan fingerprint density at radius 1 is 0.875 bits per heavy atom. The Hall–Kier alpha value is -3.24. The van der Waals surface area contributed by atoms with E-state index in [0.29, 0.717) is 22.4 Å². The van der Waals surface area contributed by atoms with Crippen LogP contribution in [0, 0.1) is 17.9 Å². The summed E-state index contributed by atoms with van der Waals surface area (Å²) in [5.74, 6) is -0.945. The van der Waals surface area contributed by atoms with Crippen LogP contribution < -0.4 is 5.19 Å². The van der Waals surface area contributed by atoms with Gasteiger partial charge in [0.2, 0.25) is 0 Å². The summed E-state index contributed by atoms with van der Waals surface area (Å²) in [6.07, 6.45) is 1.89. The van der Waals surface area contributed by atoms with E-state index in [1.54, 1.807) is 36.7 Å². The first-order chi connectivity index (χ1) is 19.8. The molecule has 0 saturated heterocycles. The van der Waals surface area contributed by atoms with Gasteiger partial charge in [0.25, 0.3) is 0 Å². The molecule has 207 valence electrons. The molecule has 0 spiro atoms. The molecule has 0 aliphatic rings. The van der Waals surface area contributed by atoms with Gasteiger partial charge in [0.15, 0.2) is 0 Å². The standard InChI is InChI=1S/C21H21FNSi.C14H14N.Ir/c1-24(2,3)21-15-23-20(17-9-11-19(22)12-10-17)14-18(21)13-16-7-5-4-6-8-16;1-11(2)13-8-9-15-14(10-13)12-6-4-3-5-7-12;/h4-9,11-12,14-15H,13H2,1-3H3;3-6,8-11H,1-2H3;/q2*-1;/i13D2;11D;. The Bertz CT molecular complexity index is 1620. The van der Waals surface area contributed by atoms with Gasteiger partial charge in [-0.2, -0.15) is 0 Å². The molecule has 2 aromatic heterocycles. The summed E-state index contributed by atoms with van der Waals surface area (Å²) in [6, 6.07) is 32.8. The van der Waals surface area contributed by atoms with E-state index in [9.17, 15) is 4.39 Å². The summed E-state index contributed by atoms with van der Waals surface area (Å²) in [7, 11) is -1.83. The second-order valence-electron chi connectivity index (χ2n) is 10.5. The van der Waals surface area contributed by atoms with Crippen LogP contribution in [0.3, 0.4) is 0 Å². The van der Waals surface area contributed by atoms with E-state index in [0.717, 1.165) is 22.0 Å². The fraction of sp³-hybridized carbons (Fsp3) is 0.200. The number of hydrogen-bond donors (Lipinski definition) is 0. The zero-order valence-electron chi connectivity index (χ0n) is 26.4. The van der Waals surface area contributed by atoms with E-state index < -0.39 is 20.3 Å². The average molecular weight is 726 g/mol. The van der Waals surface area contributed by atoms with Crippen LogP contribution in [0.5, 0.6) is 0 Å². The number of hydrogen-bond acceptors (Lipinski definition) is 2. The first-order valence-corrected chi connectivity index (χ1v) is 16.4. The summed E-state index contributed by atoms with van der Waals surface area (Å²) in [5.41, 5.74) is 5.30. The minimum Gasteiger partial charge on any atom is -0.305 e. The molecule has 5 aromatic rings. The summed E-state index contributed by atoms with van der Waals surface area (Å²) >= 11 is 0. The predicted molar refractivity (Wildman–Crippen MR) is 163 cm³/mol. The van der Waals surface area contributed by atoms with Crippen LogP contribution in [0.1, 0.15) is 40.5 Å². The van der Waals surface area contributed by atoms with E-state index in [4.69, 9.17) is 4.11 Å². The SMILES string of the molecule is [2H]C(C)(C)c1ccnc(-c2[c-]cccc2)c1.[2H]C([2H])(c1ccccc1)c1cc(-c2[c-]cc(F)cc2)ncc1[Si](C)(C)C.[Ir].